The average Bonchev–Trinajstić information content (AvgIpc) is 2.94. The predicted octanol–water partition coefficient (Wildman–Crippen LogP) is 4.74. The van der Waals surface area contributed by atoms with E-state index in [4.69, 9.17) is 0 Å². The Balaban J connectivity index is 1.79. The van der Waals surface area contributed by atoms with E-state index in [-0.39, 0.29) is 5.91 Å². The zero-order chi connectivity index (χ0) is 16.8. The van der Waals surface area contributed by atoms with Gasteiger partial charge in [-0.1, -0.05) is 66.7 Å². The molecule has 0 saturated heterocycles. The number of carbonyl (C=O) groups excluding carboxylic acids is 1. The molecule has 0 spiro atoms. The van der Waals surface area contributed by atoms with Crippen LogP contribution in [0.2, 0.25) is 0 Å². The summed E-state index contributed by atoms with van der Waals surface area (Å²) in [7, 11) is 0. The summed E-state index contributed by atoms with van der Waals surface area (Å²) in [5, 5.41) is 0. The lowest BCUT2D eigenvalue weighted by molar-refractivity contribution is 0.0843. The third-order valence-corrected chi connectivity index (χ3v) is 5.14. The Morgan fingerprint density at radius 2 is 1.32 bits per heavy atom. The summed E-state index contributed by atoms with van der Waals surface area (Å²) in [6, 6.07) is 24.8. The van der Waals surface area contributed by atoms with Crippen molar-refractivity contribution in [3.63, 3.8) is 0 Å². The fourth-order valence-electron chi connectivity index (χ4n) is 3.85. The number of benzene rings is 3. The highest BCUT2D eigenvalue weighted by Gasteiger charge is 2.32. The van der Waals surface area contributed by atoms with Crippen molar-refractivity contribution in [3.8, 4) is 0 Å². The van der Waals surface area contributed by atoms with E-state index in [9.17, 15) is 4.79 Å². The highest BCUT2D eigenvalue weighted by molar-refractivity contribution is 6.11. The van der Waals surface area contributed by atoms with Gasteiger partial charge >= 0.3 is 0 Å². The lowest BCUT2D eigenvalue weighted by atomic mass is 9.96. The molecule has 3 aromatic rings. The van der Waals surface area contributed by atoms with Crippen LogP contribution < -0.4 is 0 Å². The van der Waals surface area contributed by atoms with E-state index in [1.54, 1.807) is 0 Å². The molecule has 25 heavy (non-hydrogen) atoms. The van der Waals surface area contributed by atoms with Gasteiger partial charge in [0.15, 0.2) is 0 Å². The molecule has 0 bridgehead atoms. The van der Waals surface area contributed by atoms with E-state index >= 15 is 0 Å². The van der Waals surface area contributed by atoms with Gasteiger partial charge in [0.2, 0.25) is 0 Å². The topological polar surface area (TPSA) is 20.3 Å². The van der Waals surface area contributed by atoms with Crippen LogP contribution in [0.4, 0.5) is 0 Å². The molecule has 2 heteroatoms. The Morgan fingerprint density at radius 3 is 2.16 bits per heavy atom. The summed E-state index contributed by atoms with van der Waals surface area (Å²) in [4.78, 5) is 14.9. The van der Waals surface area contributed by atoms with Crippen LogP contribution in [0.3, 0.4) is 0 Å². The molecule has 5 rings (SSSR count). The quantitative estimate of drug-likeness (QED) is 0.585. The highest BCUT2D eigenvalue weighted by atomic mass is 16.2. The van der Waals surface area contributed by atoms with Crippen molar-refractivity contribution in [1.29, 1.82) is 0 Å². The van der Waals surface area contributed by atoms with Gasteiger partial charge in [0, 0.05) is 11.1 Å². The van der Waals surface area contributed by atoms with Gasteiger partial charge in [0.05, 0.1) is 12.2 Å². The monoisotopic (exact) mass is 323 g/mol. The van der Waals surface area contributed by atoms with Crippen LogP contribution in [-0.4, -0.2) is 10.8 Å². The molecule has 0 radical (unpaired) electrons. The number of amides is 1. The van der Waals surface area contributed by atoms with Crippen molar-refractivity contribution >= 4 is 17.7 Å². The first-order chi connectivity index (χ1) is 12.3. The van der Waals surface area contributed by atoms with Crippen LogP contribution >= 0.6 is 0 Å². The van der Waals surface area contributed by atoms with Crippen molar-refractivity contribution in [2.24, 2.45) is 0 Å². The second kappa shape index (κ2) is 5.45. The van der Waals surface area contributed by atoms with Crippen molar-refractivity contribution in [3.05, 3.63) is 106 Å². The van der Waals surface area contributed by atoms with Crippen LogP contribution in [0.5, 0.6) is 0 Å². The molecule has 0 atom stereocenters. The van der Waals surface area contributed by atoms with Gasteiger partial charge in [0.25, 0.3) is 5.91 Å². The van der Waals surface area contributed by atoms with E-state index in [1.807, 2.05) is 29.2 Å². The van der Waals surface area contributed by atoms with E-state index in [0.29, 0.717) is 6.54 Å². The summed E-state index contributed by atoms with van der Waals surface area (Å²) in [6.07, 6.45) is 3.06. The molecule has 2 heterocycles. The molecule has 2 aliphatic rings. The molecule has 0 unspecified atom stereocenters. The smallest absolute Gasteiger partial charge is 0.259 e. The summed E-state index contributed by atoms with van der Waals surface area (Å²) >= 11 is 0. The first-order valence-corrected chi connectivity index (χ1v) is 8.59. The molecule has 2 aliphatic heterocycles. The largest absolute Gasteiger partial charge is 0.303 e. The number of hydrogen-bond acceptors (Lipinski definition) is 1. The zero-order valence-corrected chi connectivity index (χ0v) is 13.8. The first kappa shape index (κ1) is 14.2. The third-order valence-electron chi connectivity index (χ3n) is 5.14. The molecule has 0 aromatic heterocycles. The van der Waals surface area contributed by atoms with Crippen molar-refractivity contribution < 1.29 is 4.79 Å². The van der Waals surface area contributed by atoms with Gasteiger partial charge < -0.3 is 4.90 Å². The lowest BCUT2D eigenvalue weighted by Crippen LogP contribution is -2.23. The SMILES string of the molecule is O=C1c2ccccc2/C2=C/c3ccccc3Cc3ccccc3CN12. The molecule has 0 fully saturated rings. The van der Waals surface area contributed by atoms with Gasteiger partial charge in [-0.05, 0) is 40.8 Å². The van der Waals surface area contributed by atoms with Crippen molar-refractivity contribution in [1.82, 2.24) is 4.90 Å². The Morgan fingerprint density at radius 1 is 0.680 bits per heavy atom. The van der Waals surface area contributed by atoms with Gasteiger partial charge in [-0.2, -0.15) is 0 Å². The van der Waals surface area contributed by atoms with Gasteiger partial charge in [-0.3, -0.25) is 4.79 Å². The van der Waals surface area contributed by atoms with E-state index < -0.39 is 0 Å². The zero-order valence-electron chi connectivity index (χ0n) is 13.8. The number of fused-ring (bicyclic) bond motifs is 5. The second-order valence-corrected chi connectivity index (χ2v) is 6.61. The highest BCUT2D eigenvalue weighted by Crippen LogP contribution is 2.37. The Hall–Kier alpha value is -3.13. The first-order valence-electron chi connectivity index (χ1n) is 8.59. The number of rotatable bonds is 0. The molecule has 0 saturated carbocycles. The van der Waals surface area contributed by atoms with Crippen LogP contribution in [-0.2, 0) is 13.0 Å². The summed E-state index contributed by atoms with van der Waals surface area (Å²) in [5.74, 6) is 0.0936. The fourth-order valence-corrected chi connectivity index (χ4v) is 3.85. The summed E-state index contributed by atoms with van der Waals surface area (Å²) < 4.78 is 0. The van der Waals surface area contributed by atoms with Gasteiger partial charge in [0.1, 0.15) is 0 Å². The Kier molecular flexibility index (Phi) is 3.10. The lowest BCUT2D eigenvalue weighted by Gasteiger charge is -2.19. The fraction of sp³-hybridized carbons (Fsp3) is 0.0870. The van der Waals surface area contributed by atoms with Gasteiger partial charge in [-0.15, -0.1) is 0 Å². The maximum absolute atomic E-state index is 13.0. The maximum Gasteiger partial charge on any atom is 0.259 e. The Labute approximate surface area is 147 Å². The minimum Gasteiger partial charge on any atom is -0.303 e. The molecule has 3 aromatic carbocycles. The predicted molar refractivity (Wildman–Crippen MR) is 99.9 cm³/mol. The van der Waals surface area contributed by atoms with Crippen LogP contribution in [0.15, 0.2) is 72.8 Å². The molecule has 0 N–H and O–H groups in total. The van der Waals surface area contributed by atoms with E-state index in [2.05, 4.69) is 54.6 Å². The number of carbonyl (C=O) groups is 1. The molecular weight excluding hydrogens is 306 g/mol. The molecule has 2 nitrogen and oxygen atoms in total. The minimum absolute atomic E-state index is 0.0936. The summed E-state index contributed by atoms with van der Waals surface area (Å²) in [6.45, 7) is 0.615. The van der Waals surface area contributed by atoms with E-state index in [1.165, 1.54) is 22.3 Å². The van der Waals surface area contributed by atoms with Crippen LogP contribution in [0.1, 0.15) is 38.2 Å². The molecule has 1 amide bonds. The standard InChI is InChI=1S/C23H17NO/c25-23-21-12-6-5-11-20(21)22-14-18-9-2-1-7-16(18)13-17-8-3-4-10-19(17)15-24(22)23/h1-12,14H,13,15H2/b22-14-. The number of hydrogen-bond donors (Lipinski definition) is 0. The molecular formula is C23H17NO. The van der Waals surface area contributed by atoms with Crippen molar-refractivity contribution in [2.75, 3.05) is 0 Å². The van der Waals surface area contributed by atoms with Gasteiger partial charge in [-0.25, -0.2) is 0 Å². The summed E-state index contributed by atoms with van der Waals surface area (Å²) in [5.41, 5.74) is 7.81. The Bertz CT molecular complexity index is 1030. The van der Waals surface area contributed by atoms with Crippen LogP contribution in [0, 0.1) is 0 Å². The third kappa shape index (κ3) is 2.22. The van der Waals surface area contributed by atoms with Crippen molar-refractivity contribution in [2.45, 2.75) is 13.0 Å². The maximum atomic E-state index is 13.0. The van der Waals surface area contributed by atoms with Crippen LogP contribution in [0.25, 0.3) is 11.8 Å². The minimum atomic E-state index is 0.0936. The molecule has 120 valence electrons. The normalized spacial score (nSPS) is 17.2. The average molecular weight is 323 g/mol. The van der Waals surface area contributed by atoms with E-state index in [0.717, 1.165) is 23.2 Å². The second-order valence-electron chi connectivity index (χ2n) is 6.61. The molecule has 0 aliphatic carbocycles. The number of nitrogens with zero attached hydrogens (tertiary/aromatic N) is 1.